The Labute approximate surface area is 108 Å². The Kier molecular flexibility index (Phi) is 3.61. The van der Waals surface area contributed by atoms with Crippen LogP contribution in [0.5, 0.6) is 0 Å². The molecule has 2 saturated heterocycles. The molecule has 0 unspecified atom stereocenters. The number of carbonyl (C=O) groups is 2. The number of amides is 2. The van der Waals surface area contributed by atoms with Gasteiger partial charge in [0.2, 0.25) is 11.8 Å². The van der Waals surface area contributed by atoms with Crippen LogP contribution in [-0.4, -0.2) is 47.9 Å². The summed E-state index contributed by atoms with van der Waals surface area (Å²) < 4.78 is 0. The molecule has 0 saturated carbocycles. The second kappa shape index (κ2) is 4.88. The first-order valence-corrected chi connectivity index (χ1v) is 6.70. The van der Waals surface area contributed by atoms with Crippen molar-refractivity contribution in [3.8, 4) is 0 Å². The van der Waals surface area contributed by atoms with E-state index in [2.05, 4.69) is 24.5 Å². The fourth-order valence-electron chi connectivity index (χ4n) is 2.83. The van der Waals surface area contributed by atoms with Crippen molar-refractivity contribution in [2.24, 2.45) is 5.92 Å². The van der Waals surface area contributed by atoms with Crippen LogP contribution in [0, 0.1) is 5.92 Å². The first-order chi connectivity index (χ1) is 8.37. The zero-order valence-electron chi connectivity index (χ0n) is 11.5. The number of piperidine rings is 1. The van der Waals surface area contributed by atoms with Gasteiger partial charge in [-0.3, -0.25) is 9.59 Å². The van der Waals surface area contributed by atoms with Crippen molar-refractivity contribution in [3.05, 3.63) is 0 Å². The predicted molar refractivity (Wildman–Crippen MR) is 69.0 cm³/mol. The average Bonchev–Trinajstić information content (AvgIpc) is 2.25. The van der Waals surface area contributed by atoms with Crippen LogP contribution in [0.25, 0.3) is 0 Å². The number of hydrogen-bond acceptors (Lipinski definition) is 3. The van der Waals surface area contributed by atoms with Gasteiger partial charge < -0.3 is 15.5 Å². The summed E-state index contributed by atoms with van der Waals surface area (Å²) in [6, 6.07) is -0.324. The summed E-state index contributed by atoms with van der Waals surface area (Å²) in [6.45, 7) is 8.45. The van der Waals surface area contributed by atoms with E-state index in [1.54, 1.807) is 0 Å². The van der Waals surface area contributed by atoms with Gasteiger partial charge in [0.15, 0.2) is 0 Å². The highest BCUT2D eigenvalue weighted by Crippen LogP contribution is 2.19. The third-order valence-corrected chi connectivity index (χ3v) is 3.69. The Morgan fingerprint density at radius 1 is 1.44 bits per heavy atom. The minimum atomic E-state index is -0.324. The smallest absolute Gasteiger partial charge is 0.245 e. The molecule has 0 aromatic heterocycles. The lowest BCUT2D eigenvalue weighted by molar-refractivity contribution is -0.140. The lowest BCUT2D eigenvalue weighted by Crippen LogP contribution is -2.62. The maximum atomic E-state index is 12.4. The SMILES string of the molecule is C[C@@H]1CC(=O)N[C@H](C(=O)N2CCNC(C)(C)C2)C1. The molecule has 2 atom stereocenters. The molecule has 2 rings (SSSR count). The van der Waals surface area contributed by atoms with E-state index in [0.29, 0.717) is 18.9 Å². The minimum absolute atomic E-state index is 0.00138. The Morgan fingerprint density at radius 2 is 2.17 bits per heavy atom. The molecular weight excluding hydrogens is 230 g/mol. The van der Waals surface area contributed by atoms with Crippen LogP contribution in [0.15, 0.2) is 0 Å². The fraction of sp³-hybridized carbons (Fsp3) is 0.846. The van der Waals surface area contributed by atoms with Crippen LogP contribution >= 0.6 is 0 Å². The molecule has 5 nitrogen and oxygen atoms in total. The number of piperazine rings is 1. The van der Waals surface area contributed by atoms with Gasteiger partial charge in [-0.15, -0.1) is 0 Å². The number of nitrogens with zero attached hydrogens (tertiary/aromatic N) is 1. The fourth-order valence-corrected chi connectivity index (χ4v) is 2.83. The highest BCUT2D eigenvalue weighted by atomic mass is 16.2. The topological polar surface area (TPSA) is 61.4 Å². The molecule has 102 valence electrons. The van der Waals surface area contributed by atoms with Gasteiger partial charge in [0.05, 0.1) is 0 Å². The summed E-state index contributed by atoms with van der Waals surface area (Å²) in [5, 5.41) is 6.20. The zero-order chi connectivity index (χ0) is 13.3. The molecule has 2 amide bonds. The first kappa shape index (κ1) is 13.3. The number of carbonyl (C=O) groups excluding carboxylic acids is 2. The van der Waals surface area contributed by atoms with E-state index < -0.39 is 0 Å². The van der Waals surface area contributed by atoms with Gasteiger partial charge in [0.1, 0.15) is 6.04 Å². The average molecular weight is 253 g/mol. The Bertz CT molecular complexity index is 354. The van der Waals surface area contributed by atoms with Crippen LogP contribution < -0.4 is 10.6 Å². The van der Waals surface area contributed by atoms with Gasteiger partial charge in [0, 0.05) is 31.6 Å². The summed E-state index contributed by atoms with van der Waals surface area (Å²) in [5.41, 5.74) is -0.0435. The van der Waals surface area contributed by atoms with E-state index in [-0.39, 0.29) is 23.4 Å². The van der Waals surface area contributed by atoms with E-state index in [4.69, 9.17) is 0 Å². The van der Waals surface area contributed by atoms with Crippen LogP contribution in [0.3, 0.4) is 0 Å². The molecule has 2 fully saturated rings. The van der Waals surface area contributed by atoms with Gasteiger partial charge in [-0.2, -0.15) is 0 Å². The van der Waals surface area contributed by atoms with Crippen molar-refractivity contribution >= 4 is 11.8 Å². The van der Waals surface area contributed by atoms with E-state index in [9.17, 15) is 9.59 Å². The molecule has 0 bridgehead atoms. The molecule has 18 heavy (non-hydrogen) atoms. The lowest BCUT2D eigenvalue weighted by Gasteiger charge is -2.41. The third-order valence-electron chi connectivity index (χ3n) is 3.69. The summed E-state index contributed by atoms with van der Waals surface area (Å²) in [5.74, 6) is 0.370. The molecule has 5 heteroatoms. The second-order valence-electron chi connectivity index (χ2n) is 6.24. The van der Waals surface area contributed by atoms with Crippen molar-refractivity contribution in [1.29, 1.82) is 0 Å². The Balaban J connectivity index is 2.00. The highest BCUT2D eigenvalue weighted by Gasteiger charge is 2.35. The largest absolute Gasteiger partial charge is 0.344 e. The summed E-state index contributed by atoms with van der Waals surface area (Å²) in [7, 11) is 0. The Hall–Kier alpha value is -1.10. The van der Waals surface area contributed by atoms with Crippen LogP contribution in [0.1, 0.15) is 33.6 Å². The van der Waals surface area contributed by atoms with Gasteiger partial charge >= 0.3 is 0 Å². The molecule has 2 N–H and O–H groups in total. The lowest BCUT2D eigenvalue weighted by atomic mass is 9.92. The summed E-state index contributed by atoms with van der Waals surface area (Å²) in [4.78, 5) is 25.8. The van der Waals surface area contributed by atoms with Gasteiger partial charge in [0.25, 0.3) is 0 Å². The number of nitrogens with one attached hydrogen (secondary N) is 2. The highest BCUT2D eigenvalue weighted by molar-refractivity contribution is 5.89. The minimum Gasteiger partial charge on any atom is -0.344 e. The summed E-state index contributed by atoms with van der Waals surface area (Å²) in [6.07, 6.45) is 1.30. The van der Waals surface area contributed by atoms with E-state index in [0.717, 1.165) is 19.5 Å². The van der Waals surface area contributed by atoms with E-state index in [1.165, 1.54) is 0 Å². The maximum Gasteiger partial charge on any atom is 0.245 e. The number of rotatable bonds is 1. The van der Waals surface area contributed by atoms with Crippen LogP contribution in [0.4, 0.5) is 0 Å². The Morgan fingerprint density at radius 3 is 2.78 bits per heavy atom. The molecule has 2 aliphatic heterocycles. The van der Waals surface area contributed by atoms with Crippen molar-refractivity contribution in [2.45, 2.75) is 45.2 Å². The number of hydrogen-bond donors (Lipinski definition) is 2. The monoisotopic (exact) mass is 253 g/mol. The molecule has 2 heterocycles. The van der Waals surface area contributed by atoms with Gasteiger partial charge in [-0.05, 0) is 26.2 Å². The zero-order valence-corrected chi connectivity index (χ0v) is 11.5. The quantitative estimate of drug-likeness (QED) is 0.697. The third kappa shape index (κ3) is 3.02. The predicted octanol–water partition coefficient (Wildman–Crippen LogP) is 0.112. The van der Waals surface area contributed by atoms with E-state index >= 15 is 0 Å². The molecule has 0 aromatic rings. The molecule has 0 aliphatic carbocycles. The molecule has 0 radical (unpaired) electrons. The molecule has 0 aromatic carbocycles. The second-order valence-corrected chi connectivity index (χ2v) is 6.24. The van der Waals surface area contributed by atoms with Crippen LogP contribution in [0.2, 0.25) is 0 Å². The molecular formula is C13H23N3O2. The van der Waals surface area contributed by atoms with Crippen molar-refractivity contribution < 1.29 is 9.59 Å². The molecule has 0 spiro atoms. The van der Waals surface area contributed by atoms with Gasteiger partial charge in [-0.25, -0.2) is 0 Å². The van der Waals surface area contributed by atoms with Crippen molar-refractivity contribution in [1.82, 2.24) is 15.5 Å². The summed E-state index contributed by atoms with van der Waals surface area (Å²) >= 11 is 0. The van der Waals surface area contributed by atoms with E-state index in [1.807, 2.05) is 11.8 Å². The van der Waals surface area contributed by atoms with Crippen LogP contribution in [-0.2, 0) is 9.59 Å². The first-order valence-electron chi connectivity index (χ1n) is 6.70. The normalized spacial score (nSPS) is 31.9. The van der Waals surface area contributed by atoms with Gasteiger partial charge in [-0.1, -0.05) is 6.92 Å². The van der Waals surface area contributed by atoms with Crippen molar-refractivity contribution in [3.63, 3.8) is 0 Å². The molecule has 2 aliphatic rings. The standard InChI is InChI=1S/C13H23N3O2/c1-9-6-10(15-11(17)7-9)12(18)16-5-4-14-13(2,3)8-16/h9-10,14H,4-8H2,1-3H3,(H,15,17)/t9-,10-/m0/s1. The van der Waals surface area contributed by atoms with Crippen molar-refractivity contribution in [2.75, 3.05) is 19.6 Å². The maximum absolute atomic E-state index is 12.4.